The highest BCUT2D eigenvalue weighted by Gasteiger charge is 2.12. The van der Waals surface area contributed by atoms with Crippen LogP contribution in [0, 0.1) is 35.3 Å². The Balaban J connectivity index is 2.28. The van der Waals surface area contributed by atoms with Crippen LogP contribution in [0.5, 0.6) is 0 Å². The molecular weight excluding hydrogens is 258 g/mol. The molecule has 100 valence electrons. The van der Waals surface area contributed by atoms with Crippen molar-refractivity contribution in [2.75, 3.05) is 0 Å². The Morgan fingerprint density at radius 3 is 2.55 bits per heavy atom. The Bertz CT molecular complexity index is 721. The molecule has 1 aromatic heterocycles. The first-order chi connectivity index (χ1) is 9.52. The molecule has 0 unspecified atom stereocenters. The number of furan rings is 1. The maximum atomic E-state index is 10.5. The maximum absolute atomic E-state index is 10.5. The van der Waals surface area contributed by atoms with E-state index >= 15 is 0 Å². The monoisotopic (exact) mass is 269 g/mol. The Labute approximate surface area is 115 Å². The molecule has 0 radical (unpaired) electrons. The van der Waals surface area contributed by atoms with Crippen LogP contribution in [0.3, 0.4) is 0 Å². The Kier molecular flexibility index (Phi) is 3.62. The first kappa shape index (κ1) is 13.5. The van der Waals surface area contributed by atoms with E-state index in [9.17, 15) is 10.1 Å². The number of nitriles is 1. The number of nitro benzene ring substituents is 1. The zero-order chi connectivity index (χ0) is 14.7. The van der Waals surface area contributed by atoms with Gasteiger partial charge < -0.3 is 4.42 Å². The van der Waals surface area contributed by atoms with Crippen LogP contribution in [-0.2, 0) is 0 Å². The number of non-ortho nitro benzene ring substituents is 1. The number of hydrogen-bond acceptors (Lipinski definition) is 5. The Hall–Kier alpha value is -2.94. The van der Waals surface area contributed by atoms with Gasteiger partial charge in [0.05, 0.1) is 4.92 Å². The molecule has 6 heteroatoms. The van der Waals surface area contributed by atoms with Crippen LogP contribution in [0.15, 0.2) is 33.7 Å². The number of rotatable bonds is 3. The summed E-state index contributed by atoms with van der Waals surface area (Å²) in [6.07, 6.45) is 1.50. The quantitative estimate of drug-likeness (QED) is 0.484. The van der Waals surface area contributed by atoms with Crippen molar-refractivity contribution in [2.45, 2.75) is 13.8 Å². The largest absolute Gasteiger partial charge is 0.442 e. The molecule has 0 aliphatic heterocycles. The zero-order valence-electron chi connectivity index (χ0n) is 11.0. The summed E-state index contributed by atoms with van der Waals surface area (Å²) in [5, 5.41) is 19.6. The third-order valence-corrected chi connectivity index (χ3v) is 2.91. The fourth-order valence-corrected chi connectivity index (χ4v) is 1.65. The number of hydrogen-bond donors (Lipinski definition) is 0. The van der Waals surface area contributed by atoms with Crippen molar-refractivity contribution < 1.29 is 9.34 Å². The number of benzene rings is 1. The molecule has 0 atom stereocenters. The molecule has 0 aliphatic carbocycles. The van der Waals surface area contributed by atoms with Gasteiger partial charge in [-0.3, -0.25) is 10.1 Å². The van der Waals surface area contributed by atoms with Gasteiger partial charge in [-0.1, -0.05) is 0 Å². The lowest BCUT2D eigenvalue weighted by Crippen LogP contribution is -1.88. The molecule has 0 N–H and O–H groups in total. The van der Waals surface area contributed by atoms with Crippen LogP contribution in [0.4, 0.5) is 11.6 Å². The van der Waals surface area contributed by atoms with E-state index in [1.807, 2.05) is 6.07 Å². The van der Waals surface area contributed by atoms with Gasteiger partial charge >= 0.3 is 0 Å². The fraction of sp³-hybridized carbons (Fsp3) is 0.143. The van der Waals surface area contributed by atoms with E-state index in [-0.39, 0.29) is 11.6 Å². The van der Waals surface area contributed by atoms with Gasteiger partial charge in [0.25, 0.3) is 5.69 Å². The molecule has 2 rings (SSSR count). The second-order valence-electron chi connectivity index (χ2n) is 4.18. The predicted octanol–water partition coefficient (Wildman–Crippen LogP) is 3.43. The average Bonchev–Trinajstić information content (AvgIpc) is 2.71. The zero-order valence-corrected chi connectivity index (χ0v) is 11.0. The summed E-state index contributed by atoms with van der Waals surface area (Å²) in [6, 6.07) is 8.00. The normalized spacial score (nSPS) is 10.7. The van der Waals surface area contributed by atoms with Crippen LogP contribution in [0.25, 0.3) is 0 Å². The van der Waals surface area contributed by atoms with Gasteiger partial charge in [0.1, 0.15) is 17.4 Å². The summed E-state index contributed by atoms with van der Waals surface area (Å²) in [4.78, 5) is 14.2. The van der Waals surface area contributed by atoms with E-state index < -0.39 is 4.92 Å². The van der Waals surface area contributed by atoms with E-state index in [1.54, 1.807) is 26.0 Å². The Morgan fingerprint density at radius 1 is 1.35 bits per heavy atom. The fourth-order valence-electron chi connectivity index (χ4n) is 1.65. The van der Waals surface area contributed by atoms with Crippen molar-refractivity contribution in [3.63, 3.8) is 0 Å². The standard InChI is InChI=1S/C14H11N3O3/c1-9-10(2)20-14(13(9)7-15)16-8-11-3-5-12(6-4-11)17(18)19/h3-6,8H,1-2H3. The third kappa shape index (κ3) is 2.57. The summed E-state index contributed by atoms with van der Waals surface area (Å²) in [6.45, 7) is 3.56. The lowest BCUT2D eigenvalue weighted by atomic mass is 10.2. The molecule has 0 amide bonds. The lowest BCUT2D eigenvalue weighted by molar-refractivity contribution is -0.384. The van der Waals surface area contributed by atoms with Crippen LogP contribution in [0.1, 0.15) is 22.5 Å². The van der Waals surface area contributed by atoms with Crippen molar-refractivity contribution in [2.24, 2.45) is 4.99 Å². The highest BCUT2D eigenvalue weighted by atomic mass is 16.6. The molecule has 1 heterocycles. The van der Waals surface area contributed by atoms with Gasteiger partial charge in [0.15, 0.2) is 0 Å². The second-order valence-corrected chi connectivity index (χ2v) is 4.18. The first-order valence-electron chi connectivity index (χ1n) is 5.81. The molecule has 0 aliphatic rings. The van der Waals surface area contributed by atoms with Gasteiger partial charge in [-0.05, 0) is 31.5 Å². The van der Waals surface area contributed by atoms with Gasteiger partial charge in [-0.15, -0.1) is 0 Å². The van der Waals surface area contributed by atoms with Crippen molar-refractivity contribution in [1.29, 1.82) is 5.26 Å². The van der Waals surface area contributed by atoms with E-state index in [1.165, 1.54) is 18.3 Å². The maximum Gasteiger partial charge on any atom is 0.269 e. The van der Waals surface area contributed by atoms with Crippen molar-refractivity contribution in [3.05, 3.63) is 56.8 Å². The van der Waals surface area contributed by atoms with E-state index in [0.29, 0.717) is 16.9 Å². The average molecular weight is 269 g/mol. The summed E-state index contributed by atoms with van der Waals surface area (Å²) >= 11 is 0. The SMILES string of the molecule is Cc1oc(N=Cc2ccc([N+](=O)[O-])cc2)c(C#N)c1C. The number of aryl methyl sites for hydroxylation is 1. The molecule has 1 aromatic carbocycles. The number of nitro groups is 1. The minimum atomic E-state index is -0.464. The molecular formula is C14H11N3O3. The topological polar surface area (TPSA) is 92.4 Å². The van der Waals surface area contributed by atoms with Crippen molar-refractivity contribution >= 4 is 17.8 Å². The summed E-state index contributed by atoms with van der Waals surface area (Å²) in [5.41, 5.74) is 1.87. The van der Waals surface area contributed by atoms with Gasteiger partial charge in [-0.2, -0.15) is 5.26 Å². The third-order valence-electron chi connectivity index (χ3n) is 2.91. The minimum Gasteiger partial charge on any atom is -0.442 e. The van der Waals surface area contributed by atoms with E-state index in [0.717, 1.165) is 5.56 Å². The smallest absolute Gasteiger partial charge is 0.269 e. The van der Waals surface area contributed by atoms with E-state index in [2.05, 4.69) is 4.99 Å². The summed E-state index contributed by atoms with van der Waals surface area (Å²) in [5.74, 6) is 0.901. The minimum absolute atomic E-state index is 0.0181. The van der Waals surface area contributed by atoms with Gasteiger partial charge in [0, 0.05) is 23.9 Å². The van der Waals surface area contributed by atoms with E-state index in [4.69, 9.17) is 9.68 Å². The highest BCUT2D eigenvalue weighted by Crippen LogP contribution is 2.27. The molecule has 2 aromatic rings. The van der Waals surface area contributed by atoms with Crippen LogP contribution >= 0.6 is 0 Å². The molecule has 0 spiro atoms. The van der Waals surface area contributed by atoms with Crippen LogP contribution < -0.4 is 0 Å². The summed E-state index contributed by atoms with van der Waals surface area (Å²) < 4.78 is 5.39. The summed E-state index contributed by atoms with van der Waals surface area (Å²) in [7, 11) is 0. The van der Waals surface area contributed by atoms with Crippen molar-refractivity contribution in [1.82, 2.24) is 0 Å². The second kappa shape index (κ2) is 5.36. The number of nitrogens with zero attached hydrogens (tertiary/aromatic N) is 3. The molecule has 0 fully saturated rings. The van der Waals surface area contributed by atoms with Crippen LogP contribution in [-0.4, -0.2) is 11.1 Å². The molecule has 0 saturated heterocycles. The lowest BCUT2D eigenvalue weighted by Gasteiger charge is -1.93. The predicted molar refractivity (Wildman–Crippen MR) is 73.2 cm³/mol. The molecule has 6 nitrogen and oxygen atoms in total. The molecule has 20 heavy (non-hydrogen) atoms. The van der Waals surface area contributed by atoms with Gasteiger partial charge in [-0.25, -0.2) is 4.99 Å². The number of aliphatic imine (C=N–C) groups is 1. The van der Waals surface area contributed by atoms with Crippen LogP contribution in [0.2, 0.25) is 0 Å². The van der Waals surface area contributed by atoms with Crippen molar-refractivity contribution in [3.8, 4) is 6.07 Å². The van der Waals surface area contributed by atoms with Gasteiger partial charge in [0.2, 0.25) is 5.88 Å². The Morgan fingerprint density at radius 2 is 2.00 bits per heavy atom. The molecule has 0 bridgehead atoms. The highest BCUT2D eigenvalue weighted by molar-refractivity contribution is 5.82. The molecule has 0 saturated carbocycles. The first-order valence-corrected chi connectivity index (χ1v) is 5.81.